The molecule has 1 aromatic heterocycles. The Balaban J connectivity index is 2.71. The lowest BCUT2D eigenvalue weighted by Crippen LogP contribution is -1.88. The summed E-state index contributed by atoms with van der Waals surface area (Å²) in [5, 5.41) is 1.61. The van der Waals surface area contributed by atoms with Gasteiger partial charge in [0.05, 0.1) is 17.6 Å². The highest BCUT2D eigenvalue weighted by Crippen LogP contribution is 2.31. The molecular formula is C13H12ClNO. The zero-order valence-corrected chi connectivity index (χ0v) is 10.0. The van der Waals surface area contributed by atoms with E-state index in [1.807, 2.05) is 25.1 Å². The van der Waals surface area contributed by atoms with Crippen molar-refractivity contribution in [1.82, 2.24) is 4.98 Å². The average molecular weight is 234 g/mol. The standard InChI is InChI=1S/C13H12ClNO/c1-8(2)11-7-15-12-6-9(16-3)4-5-10(12)13(11)14/h4-7H,1H2,2-3H3. The maximum Gasteiger partial charge on any atom is 0.121 e. The predicted molar refractivity (Wildman–Crippen MR) is 68.0 cm³/mol. The fraction of sp³-hybridized carbons (Fsp3) is 0.154. The molecule has 0 aliphatic heterocycles. The lowest BCUT2D eigenvalue weighted by atomic mass is 10.1. The van der Waals surface area contributed by atoms with Crippen LogP contribution in [0.3, 0.4) is 0 Å². The van der Waals surface area contributed by atoms with E-state index in [4.69, 9.17) is 16.3 Å². The van der Waals surface area contributed by atoms with E-state index in [9.17, 15) is 0 Å². The molecule has 0 N–H and O–H groups in total. The van der Waals surface area contributed by atoms with Gasteiger partial charge in [-0.2, -0.15) is 0 Å². The van der Waals surface area contributed by atoms with E-state index in [-0.39, 0.29) is 0 Å². The third-order valence-electron chi connectivity index (χ3n) is 2.47. The van der Waals surface area contributed by atoms with Gasteiger partial charge in [0, 0.05) is 23.2 Å². The molecule has 0 saturated heterocycles. The van der Waals surface area contributed by atoms with Crippen LogP contribution in [0.5, 0.6) is 5.75 Å². The molecule has 0 bridgehead atoms. The molecule has 2 nitrogen and oxygen atoms in total. The number of halogens is 1. The molecule has 0 spiro atoms. The molecule has 2 rings (SSSR count). The first-order valence-corrected chi connectivity index (χ1v) is 5.29. The highest BCUT2D eigenvalue weighted by atomic mass is 35.5. The molecule has 0 amide bonds. The van der Waals surface area contributed by atoms with E-state index in [1.165, 1.54) is 0 Å². The number of allylic oxidation sites excluding steroid dienone is 1. The van der Waals surface area contributed by atoms with Gasteiger partial charge in [-0.25, -0.2) is 0 Å². The summed E-state index contributed by atoms with van der Waals surface area (Å²) in [5.74, 6) is 0.777. The molecule has 82 valence electrons. The van der Waals surface area contributed by atoms with Gasteiger partial charge in [0.25, 0.3) is 0 Å². The summed E-state index contributed by atoms with van der Waals surface area (Å²) < 4.78 is 5.14. The van der Waals surface area contributed by atoms with Crippen LogP contribution in [0.15, 0.2) is 31.0 Å². The van der Waals surface area contributed by atoms with Gasteiger partial charge >= 0.3 is 0 Å². The highest BCUT2D eigenvalue weighted by Gasteiger charge is 2.07. The molecule has 0 saturated carbocycles. The van der Waals surface area contributed by atoms with Crippen LogP contribution in [-0.2, 0) is 0 Å². The lowest BCUT2D eigenvalue weighted by molar-refractivity contribution is 0.415. The Morgan fingerprint density at radius 1 is 1.44 bits per heavy atom. The van der Waals surface area contributed by atoms with Crippen LogP contribution in [0.2, 0.25) is 5.02 Å². The maximum absolute atomic E-state index is 6.29. The van der Waals surface area contributed by atoms with E-state index < -0.39 is 0 Å². The second kappa shape index (κ2) is 4.14. The summed E-state index contributed by atoms with van der Waals surface area (Å²) in [5.41, 5.74) is 2.63. The first-order valence-electron chi connectivity index (χ1n) is 4.91. The Labute approximate surface area is 99.5 Å². The fourth-order valence-corrected chi connectivity index (χ4v) is 1.93. The number of aromatic nitrogens is 1. The van der Waals surface area contributed by atoms with Crippen LogP contribution in [0.1, 0.15) is 12.5 Å². The van der Waals surface area contributed by atoms with Gasteiger partial charge in [0.2, 0.25) is 0 Å². The summed E-state index contributed by atoms with van der Waals surface area (Å²) in [6.45, 7) is 5.79. The van der Waals surface area contributed by atoms with E-state index >= 15 is 0 Å². The SMILES string of the molecule is C=C(C)c1cnc2cc(OC)ccc2c1Cl. The molecule has 3 heteroatoms. The Kier molecular flexibility index (Phi) is 2.84. The van der Waals surface area contributed by atoms with Crippen LogP contribution < -0.4 is 4.74 Å². The Hall–Kier alpha value is -1.54. The number of fused-ring (bicyclic) bond motifs is 1. The smallest absolute Gasteiger partial charge is 0.121 e. The minimum Gasteiger partial charge on any atom is -0.497 e. The first kappa shape index (κ1) is 11.0. The monoisotopic (exact) mass is 233 g/mol. The maximum atomic E-state index is 6.29. The van der Waals surface area contributed by atoms with Gasteiger partial charge in [0.1, 0.15) is 5.75 Å². The number of rotatable bonds is 2. The molecular weight excluding hydrogens is 222 g/mol. The molecule has 0 atom stereocenters. The summed E-state index contributed by atoms with van der Waals surface area (Å²) in [6, 6.07) is 5.65. The third-order valence-corrected chi connectivity index (χ3v) is 2.88. The zero-order valence-electron chi connectivity index (χ0n) is 9.25. The molecule has 1 heterocycles. The highest BCUT2D eigenvalue weighted by molar-refractivity contribution is 6.37. The minimum atomic E-state index is 0.695. The molecule has 0 aliphatic rings. The fourth-order valence-electron chi connectivity index (χ4n) is 1.56. The molecule has 0 fully saturated rings. The lowest BCUT2D eigenvalue weighted by Gasteiger charge is -2.07. The van der Waals surface area contributed by atoms with Gasteiger partial charge in [-0.05, 0) is 24.6 Å². The van der Waals surface area contributed by atoms with E-state index in [0.717, 1.165) is 27.8 Å². The van der Waals surface area contributed by atoms with Gasteiger partial charge in [-0.15, -0.1) is 0 Å². The van der Waals surface area contributed by atoms with Gasteiger partial charge in [-0.3, -0.25) is 4.98 Å². The molecule has 0 aliphatic carbocycles. The Bertz CT molecular complexity index is 563. The van der Waals surface area contributed by atoms with E-state index in [1.54, 1.807) is 13.3 Å². The molecule has 16 heavy (non-hydrogen) atoms. The topological polar surface area (TPSA) is 22.1 Å². The third kappa shape index (κ3) is 1.76. The second-order valence-electron chi connectivity index (χ2n) is 3.65. The number of benzene rings is 1. The van der Waals surface area contributed by atoms with Crippen LogP contribution in [0.25, 0.3) is 16.5 Å². The number of methoxy groups -OCH3 is 1. The van der Waals surface area contributed by atoms with Crippen molar-refractivity contribution in [3.63, 3.8) is 0 Å². The first-order chi connectivity index (χ1) is 7.63. The van der Waals surface area contributed by atoms with Crippen molar-refractivity contribution in [3.8, 4) is 5.75 Å². The van der Waals surface area contributed by atoms with Crippen molar-refractivity contribution in [2.24, 2.45) is 0 Å². The summed E-state index contributed by atoms with van der Waals surface area (Å²) in [6.07, 6.45) is 1.74. The molecule has 0 radical (unpaired) electrons. The second-order valence-corrected chi connectivity index (χ2v) is 4.03. The molecule has 2 aromatic rings. The number of hydrogen-bond acceptors (Lipinski definition) is 2. The number of hydrogen-bond donors (Lipinski definition) is 0. The van der Waals surface area contributed by atoms with Crippen molar-refractivity contribution >= 4 is 28.1 Å². The Morgan fingerprint density at radius 2 is 2.19 bits per heavy atom. The quantitative estimate of drug-likeness (QED) is 0.784. The van der Waals surface area contributed by atoms with Crippen molar-refractivity contribution in [3.05, 3.63) is 41.6 Å². The zero-order chi connectivity index (χ0) is 11.7. The number of ether oxygens (including phenoxy) is 1. The van der Waals surface area contributed by atoms with Crippen LogP contribution in [-0.4, -0.2) is 12.1 Å². The normalized spacial score (nSPS) is 10.4. The largest absolute Gasteiger partial charge is 0.497 e. The molecule has 0 unspecified atom stereocenters. The summed E-state index contributed by atoms with van der Waals surface area (Å²) in [4.78, 5) is 4.35. The summed E-state index contributed by atoms with van der Waals surface area (Å²) in [7, 11) is 1.63. The molecule has 1 aromatic carbocycles. The van der Waals surface area contributed by atoms with Gasteiger partial charge < -0.3 is 4.74 Å². The summed E-state index contributed by atoms with van der Waals surface area (Å²) >= 11 is 6.29. The Morgan fingerprint density at radius 3 is 2.81 bits per heavy atom. The van der Waals surface area contributed by atoms with E-state index in [0.29, 0.717) is 5.02 Å². The van der Waals surface area contributed by atoms with Gasteiger partial charge in [0.15, 0.2) is 0 Å². The van der Waals surface area contributed by atoms with E-state index in [2.05, 4.69) is 11.6 Å². The van der Waals surface area contributed by atoms with Crippen molar-refractivity contribution in [2.75, 3.05) is 7.11 Å². The number of pyridine rings is 1. The minimum absolute atomic E-state index is 0.695. The van der Waals surface area contributed by atoms with Crippen LogP contribution in [0.4, 0.5) is 0 Å². The van der Waals surface area contributed by atoms with Crippen molar-refractivity contribution in [2.45, 2.75) is 6.92 Å². The van der Waals surface area contributed by atoms with Crippen LogP contribution >= 0.6 is 11.6 Å². The van der Waals surface area contributed by atoms with Crippen molar-refractivity contribution in [1.29, 1.82) is 0 Å². The van der Waals surface area contributed by atoms with Crippen molar-refractivity contribution < 1.29 is 4.74 Å². The van der Waals surface area contributed by atoms with Gasteiger partial charge in [-0.1, -0.05) is 18.2 Å². The average Bonchev–Trinajstić information content (AvgIpc) is 2.28. The predicted octanol–water partition coefficient (Wildman–Crippen LogP) is 3.93. The van der Waals surface area contributed by atoms with Crippen LogP contribution in [0, 0.1) is 0 Å². The number of nitrogens with zero attached hydrogens (tertiary/aromatic N) is 1.